The number of aromatic nitrogens is 1. The number of anilines is 1. The predicted molar refractivity (Wildman–Crippen MR) is 88.4 cm³/mol. The Bertz CT molecular complexity index is 896. The Labute approximate surface area is 140 Å². The van der Waals surface area contributed by atoms with Gasteiger partial charge >= 0.3 is 0 Å². The number of carbonyl (C=O) groups is 1. The fourth-order valence-corrected chi connectivity index (χ4v) is 2.85. The molecule has 2 aromatic carbocycles. The number of ether oxygens (including phenoxy) is 1. The van der Waals surface area contributed by atoms with Crippen LogP contribution in [-0.4, -0.2) is 18.0 Å². The van der Waals surface area contributed by atoms with Crippen molar-refractivity contribution in [3.63, 3.8) is 0 Å². The van der Waals surface area contributed by atoms with Gasteiger partial charge in [-0.05, 0) is 24.3 Å². The number of hydrogen-bond donors (Lipinski definition) is 1. The maximum Gasteiger partial charge on any atom is 0.261 e. The highest BCUT2D eigenvalue weighted by atomic mass is 32.1. The number of nitrogens with one attached hydrogen (secondary N) is 1. The zero-order valence-corrected chi connectivity index (χ0v) is 13.4. The molecule has 0 radical (unpaired) electrons. The van der Waals surface area contributed by atoms with Gasteiger partial charge < -0.3 is 4.74 Å². The van der Waals surface area contributed by atoms with Crippen LogP contribution in [0.15, 0.2) is 47.8 Å². The summed E-state index contributed by atoms with van der Waals surface area (Å²) in [5, 5.41) is 4.55. The molecule has 0 bridgehead atoms. The molecule has 7 heteroatoms. The fourth-order valence-electron chi connectivity index (χ4n) is 2.15. The summed E-state index contributed by atoms with van der Waals surface area (Å²) < 4.78 is 31.9. The molecule has 0 aliphatic rings. The van der Waals surface area contributed by atoms with Crippen LogP contribution >= 0.6 is 11.3 Å². The SMILES string of the molecule is COc1ccccc1C(=O)Nc1nc(-c2ccc(F)cc2F)cs1. The zero-order chi connectivity index (χ0) is 17.1. The van der Waals surface area contributed by atoms with Crippen LogP contribution in [-0.2, 0) is 0 Å². The lowest BCUT2D eigenvalue weighted by atomic mass is 10.1. The van der Waals surface area contributed by atoms with E-state index in [1.165, 1.54) is 13.2 Å². The maximum atomic E-state index is 13.8. The molecular formula is C17H12F2N2O2S. The van der Waals surface area contributed by atoms with E-state index in [2.05, 4.69) is 10.3 Å². The van der Waals surface area contributed by atoms with Crippen molar-refractivity contribution in [3.8, 4) is 17.0 Å². The average molecular weight is 346 g/mol. The first-order valence-electron chi connectivity index (χ1n) is 6.94. The average Bonchev–Trinajstić information content (AvgIpc) is 3.02. The zero-order valence-electron chi connectivity index (χ0n) is 12.5. The van der Waals surface area contributed by atoms with Crippen LogP contribution in [0, 0.1) is 11.6 Å². The van der Waals surface area contributed by atoms with E-state index in [-0.39, 0.29) is 11.5 Å². The van der Waals surface area contributed by atoms with E-state index in [9.17, 15) is 13.6 Å². The van der Waals surface area contributed by atoms with Crippen molar-refractivity contribution in [2.75, 3.05) is 12.4 Å². The first kappa shape index (κ1) is 16.1. The summed E-state index contributed by atoms with van der Waals surface area (Å²) in [5.41, 5.74) is 0.864. The number of methoxy groups -OCH3 is 1. The van der Waals surface area contributed by atoms with Crippen molar-refractivity contribution in [2.24, 2.45) is 0 Å². The summed E-state index contributed by atoms with van der Waals surface area (Å²) >= 11 is 1.15. The van der Waals surface area contributed by atoms with Gasteiger partial charge in [-0.1, -0.05) is 12.1 Å². The highest BCUT2D eigenvalue weighted by Crippen LogP contribution is 2.28. The summed E-state index contributed by atoms with van der Waals surface area (Å²) in [6.07, 6.45) is 0. The lowest BCUT2D eigenvalue weighted by Gasteiger charge is -2.07. The van der Waals surface area contributed by atoms with Gasteiger partial charge in [0.15, 0.2) is 5.13 Å². The third-order valence-corrected chi connectivity index (χ3v) is 4.04. The molecule has 24 heavy (non-hydrogen) atoms. The number of halogens is 2. The molecule has 0 fully saturated rings. The number of carbonyl (C=O) groups excluding carboxylic acids is 1. The summed E-state index contributed by atoms with van der Waals surface area (Å²) in [5.74, 6) is -1.30. The molecule has 0 aliphatic heterocycles. The van der Waals surface area contributed by atoms with Crippen LogP contribution in [0.5, 0.6) is 5.75 Å². The molecule has 1 N–H and O–H groups in total. The summed E-state index contributed by atoms with van der Waals surface area (Å²) in [7, 11) is 1.48. The van der Waals surface area contributed by atoms with Crippen molar-refractivity contribution >= 4 is 22.4 Å². The topological polar surface area (TPSA) is 51.2 Å². The first-order valence-corrected chi connectivity index (χ1v) is 7.82. The van der Waals surface area contributed by atoms with Crippen LogP contribution in [0.1, 0.15) is 10.4 Å². The van der Waals surface area contributed by atoms with Gasteiger partial charge in [0.2, 0.25) is 0 Å². The Morgan fingerprint density at radius 2 is 2.00 bits per heavy atom. The van der Waals surface area contributed by atoms with Gasteiger partial charge in [0.1, 0.15) is 17.4 Å². The molecule has 4 nitrogen and oxygen atoms in total. The standard InChI is InChI=1S/C17H12F2N2O2S/c1-23-15-5-3-2-4-12(15)16(22)21-17-20-14(9-24-17)11-7-6-10(18)8-13(11)19/h2-9H,1H3,(H,20,21,22). The minimum absolute atomic E-state index is 0.172. The van der Waals surface area contributed by atoms with Gasteiger partial charge in [-0.15, -0.1) is 11.3 Å². The Morgan fingerprint density at radius 3 is 2.75 bits per heavy atom. The molecule has 0 aliphatic carbocycles. The minimum atomic E-state index is -0.706. The van der Waals surface area contributed by atoms with E-state index >= 15 is 0 Å². The largest absolute Gasteiger partial charge is 0.496 e. The lowest BCUT2D eigenvalue weighted by molar-refractivity contribution is 0.102. The molecular weight excluding hydrogens is 334 g/mol. The third-order valence-electron chi connectivity index (χ3n) is 3.28. The third kappa shape index (κ3) is 3.26. The van der Waals surface area contributed by atoms with Gasteiger partial charge in [-0.25, -0.2) is 13.8 Å². The lowest BCUT2D eigenvalue weighted by Crippen LogP contribution is -2.12. The molecule has 0 unspecified atom stereocenters. The smallest absolute Gasteiger partial charge is 0.261 e. The molecule has 1 heterocycles. The van der Waals surface area contributed by atoms with Gasteiger partial charge in [-0.3, -0.25) is 10.1 Å². The molecule has 1 amide bonds. The van der Waals surface area contributed by atoms with Gasteiger partial charge in [0.05, 0.1) is 18.4 Å². The Hall–Kier alpha value is -2.80. The minimum Gasteiger partial charge on any atom is -0.496 e. The van der Waals surface area contributed by atoms with Crippen LogP contribution < -0.4 is 10.1 Å². The summed E-state index contributed by atoms with van der Waals surface area (Å²) in [4.78, 5) is 16.5. The van der Waals surface area contributed by atoms with Crippen molar-refractivity contribution in [1.82, 2.24) is 4.98 Å². The second-order valence-electron chi connectivity index (χ2n) is 4.82. The molecule has 3 rings (SSSR count). The van der Waals surface area contributed by atoms with Gasteiger partial charge in [0.25, 0.3) is 5.91 Å². The van der Waals surface area contributed by atoms with E-state index in [4.69, 9.17) is 4.74 Å². The maximum absolute atomic E-state index is 13.8. The Kier molecular flexibility index (Phi) is 4.52. The van der Waals surface area contributed by atoms with E-state index in [0.717, 1.165) is 23.5 Å². The fraction of sp³-hybridized carbons (Fsp3) is 0.0588. The summed E-state index contributed by atoms with van der Waals surface area (Å²) in [6, 6.07) is 10.0. The number of rotatable bonds is 4. The molecule has 1 aromatic heterocycles. The summed E-state index contributed by atoms with van der Waals surface area (Å²) in [6.45, 7) is 0. The predicted octanol–water partition coefficient (Wildman–Crippen LogP) is 4.35. The number of thiazole rings is 1. The van der Waals surface area contributed by atoms with Crippen LogP contribution in [0.3, 0.4) is 0 Å². The number of benzene rings is 2. The van der Waals surface area contributed by atoms with Crippen molar-refractivity contribution in [2.45, 2.75) is 0 Å². The Balaban J connectivity index is 1.82. The molecule has 0 spiro atoms. The highest BCUT2D eigenvalue weighted by molar-refractivity contribution is 7.14. The van der Waals surface area contributed by atoms with E-state index in [1.807, 2.05) is 0 Å². The number of hydrogen-bond acceptors (Lipinski definition) is 4. The van der Waals surface area contributed by atoms with Gasteiger partial charge in [-0.2, -0.15) is 0 Å². The van der Waals surface area contributed by atoms with Crippen molar-refractivity contribution < 1.29 is 18.3 Å². The van der Waals surface area contributed by atoms with Crippen molar-refractivity contribution in [1.29, 1.82) is 0 Å². The second-order valence-corrected chi connectivity index (χ2v) is 5.67. The van der Waals surface area contributed by atoms with E-state index in [0.29, 0.717) is 22.1 Å². The van der Waals surface area contributed by atoms with Gasteiger partial charge in [0, 0.05) is 17.0 Å². The number of amides is 1. The van der Waals surface area contributed by atoms with Crippen LogP contribution in [0.25, 0.3) is 11.3 Å². The van der Waals surface area contributed by atoms with E-state index in [1.54, 1.807) is 29.6 Å². The van der Waals surface area contributed by atoms with Crippen LogP contribution in [0.2, 0.25) is 0 Å². The molecule has 0 saturated carbocycles. The monoisotopic (exact) mass is 346 g/mol. The quantitative estimate of drug-likeness (QED) is 0.764. The normalized spacial score (nSPS) is 10.5. The molecule has 122 valence electrons. The van der Waals surface area contributed by atoms with E-state index < -0.39 is 11.6 Å². The Morgan fingerprint density at radius 1 is 1.21 bits per heavy atom. The number of para-hydroxylation sites is 1. The van der Waals surface area contributed by atoms with Crippen LogP contribution in [0.4, 0.5) is 13.9 Å². The molecule has 0 atom stereocenters. The highest BCUT2D eigenvalue weighted by Gasteiger charge is 2.15. The van der Waals surface area contributed by atoms with Crippen molar-refractivity contribution in [3.05, 3.63) is 65.0 Å². The first-order chi connectivity index (χ1) is 11.6. The second kappa shape index (κ2) is 6.76. The number of nitrogens with zero attached hydrogens (tertiary/aromatic N) is 1. The molecule has 0 saturated heterocycles. The molecule has 3 aromatic rings.